The van der Waals surface area contributed by atoms with E-state index in [-0.39, 0.29) is 11.5 Å². The first-order valence-electron chi connectivity index (χ1n) is 9.19. The van der Waals surface area contributed by atoms with Gasteiger partial charge in [-0.1, -0.05) is 17.7 Å². The van der Waals surface area contributed by atoms with Crippen LogP contribution in [0.25, 0.3) is 10.9 Å². The number of hydrogen-bond acceptors (Lipinski definition) is 4. The summed E-state index contributed by atoms with van der Waals surface area (Å²) < 4.78 is 0. The van der Waals surface area contributed by atoms with Crippen molar-refractivity contribution in [2.75, 3.05) is 31.9 Å². The minimum atomic E-state index is -0.609. The number of nitrogens with two attached hydrogens (primary N) is 1. The Morgan fingerprint density at radius 3 is 2.28 bits per heavy atom. The Balaban J connectivity index is 1.44. The van der Waals surface area contributed by atoms with E-state index >= 15 is 0 Å². The monoisotopic (exact) mass is 410 g/mol. The van der Waals surface area contributed by atoms with Crippen LogP contribution in [0.4, 0.5) is 5.69 Å². The van der Waals surface area contributed by atoms with Gasteiger partial charge in [-0.15, -0.1) is 0 Å². The normalized spacial score (nSPS) is 14.2. The fourth-order valence-electron chi connectivity index (χ4n) is 3.50. The highest BCUT2D eigenvalue weighted by atomic mass is 35.5. The quantitative estimate of drug-likeness (QED) is 0.393. The van der Waals surface area contributed by atoms with Gasteiger partial charge in [0.2, 0.25) is 0 Å². The summed E-state index contributed by atoms with van der Waals surface area (Å²) in [5, 5.41) is 0.962. The molecule has 2 amide bonds. The lowest BCUT2D eigenvalue weighted by atomic mass is 10.1. The summed E-state index contributed by atoms with van der Waals surface area (Å²) >= 11 is 6.21. The largest absolute Gasteiger partial charge is 0.399 e. The zero-order chi connectivity index (χ0) is 20.5. The molecule has 1 aliphatic rings. The molecule has 3 N–H and O–H groups in total. The maximum atomic E-state index is 12.8. The highest BCUT2D eigenvalue weighted by molar-refractivity contribution is 6.47. The van der Waals surface area contributed by atoms with Crippen LogP contribution in [0.1, 0.15) is 20.7 Å². The molecule has 0 spiro atoms. The van der Waals surface area contributed by atoms with Gasteiger partial charge < -0.3 is 20.5 Å². The van der Waals surface area contributed by atoms with Gasteiger partial charge in [-0.3, -0.25) is 14.4 Å². The molecule has 0 aliphatic carbocycles. The number of ketones is 1. The smallest absolute Gasteiger partial charge is 0.295 e. The van der Waals surface area contributed by atoms with Crippen LogP contribution in [0, 0.1) is 0 Å². The van der Waals surface area contributed by atoms with Crippen molar-refractivity contribution in [3.05, 3.63) is 64.8 Å². The van der Waals surface area contributed by atoms with E-state index < -0.39 is 11.7 Å². The topological polar surface area (TPSA) is 99.5 Å². The molecule has 1 aliphatic heterocycles. The number of nitrogen functional groups attached to an aromatic ring is 1. The average molecular weight is 411 g/mol. The number of halogens is 1. The second kappa shape index (κ2) is 7.60. The van der Waals surface area contributed by atoms with Gasteiger partial charge in [0.15, 0.2) is 0 Å². The van der Waals surface area contributed by atoms with Crippen LogP contribution >= 0.6 is 11.6 Å². The van der Waals surface area contributed by atoms with Crippen LogP contribution in [0.2, 0.25) is 5.02 Å². The van der Waals surface area contributed by atoms with Gasteiger partial charge in [-0.2, -0.15) is 0 Å². The number of carbonyl (C=O) groups excluding carboxylic acids is 3. The van der Waals surface area contributed by atoms with Gasteiger partial charge >= 0.3 is 0 Å². The summed E-state index contributed by atoms with van der Waals surface area (Å²) in [7, 11) is 0. The van der Waals surface area contributed by atoms with Crippen molar-refractivity contribution in [3.63, 3.8) is 0 Å². The zero-order valence-corrected chi connectivity index (χ0v) is 16.3. The number of rotatable bonds is 3. The summed E-state index contributed by atoms with van der Waals surface area (Å²) in [5.41, 5.74) is 7.75. The first-order valence-corrected chi connectivity index (χ1v) is 9.57. The first kappa shape index (κ1) is 19.0. The third-order valence-corrected chi connectivity index (χ3v) is 5.42. The number of fused-ring (bicyclic) bond motifs is 1. The molecule has 0 radical (unpaired) electrons. The van der Waals surface area contributed by atoms with E-state index in [9.17, 15) is 14.4 Å². The summed E-state index contributed by atoms with van der Waals surface area (Å²) in [6, 6.07) is 12.0. The molecular formula is C21H19ClN4O3. The molecule has 0 saturated carbocycles. The van der Waals surface area contributed by atoms with Crippen LogP contribution in [0.15, 0.2) is 48.7 Å². The van der Waals surface area contributed by atoms with Crippen LogP contribution in [0.3, 0.4) is 0 Å². The lowest BCUT2D eigenvalue weighted by molar-refractivity contribution is -0.127. The summed E-state index contributed by atoms with van der Waals surface area (Å²) in [5.74, 6) is -1.32. The number of carbonyl (C=O) groups is 3. The first-order chi connectivity index (χ1) is 14.0. The molecule has 29 heavy (non-hydrogen) atoms. The number of Topliss-reactive ketones (excluding diaryl/α,β-unsaturated/α-hetero) is 1. The molecule has 2 heterocycles. The molecule has 1 aromatic heterocycles. The molecule has 148 valence electrons. The van der Waals surface area contributed by atoms with Gasteiger partial charge in [0.05, 0.1) is 10.6 Å². The lowest BCUT2D eigenvalue weighted by Gasteiger charge is -2.34. The van der Waals surface area contributed by atoms with Gasteiger partial charge in [0, 0.05) is 54.5 Å². The zero-order valence-electron chi connectivity index (χ0n) is 15.5. The molecule has 0 bridgehead atoms. The van der Waals surface area contributed by atoms with Gasteiger partial charge in [-0.25, -0.2) is 0 Å². The molecular weight excluding hydrogens is 392 g/mol. The fourth-order valence-corrected chi connectivity index (χ4v) is 3.78. The fraction of sp³-hybridized carbons (Fsp3) is 0.190. The Morgan fingerprint density at radius 2 is 1.59 bits per heavy atom. The van der Waals surface area contributed by atoms with Crippen LogP contribution in [-0.2, 0) is 4.79 Å². The Labute approximate surface area is 172 Å². The van der Waals surface area contributed by atoms with E-state index in [1.165, 1.54) is 11.1 Å². The van der Waals surface area contributed by atoms with Crippen molar-refractivity contribution in [1.29, 1.82) is 0 Å². The molecule has 0 unspecified atom stereocenters. The van der Waals surface area contributed by atoms with E-state index in [1.807, 2.05) is 0 Å². The predicted molar refractivity (Wildman–Crippen MR) is 111 cm³/mol. The van der Waals surface area contributed by atoms with E-state index in [4.69, 9.17) is 17.3 Å². The third-order valence-electron chi connectivity index (χ3n) is 5.11. The van der Waals surface area contributed by atoms with Crippen molar-refractivity contribution >= 4 is 45.8 Å². The van der Waals surface area contributed by atoms with Crippen LogP contribution < -0.4 is 5.73 Å². The summed E-state index contributed by atoms with van der Waals surface area (Å²) in [6.45, 7) is 1.30. The van der Waals surface area contributed by atoms with Gasteiger partial charge in [0.1, 0.15) is 0 Å². The molecule has 2 aromatic carbocycles. The molecule has 4 rings (SSSR count). The third kappa shape index (κ3) is 3.56. The maximum Gasteiger partial charge on any atom is 0.295 e. The Hall–Kier alpha value is -3.32. The molecule has 1 fully saturated rings. The SMILES string of the molecule is Nc1ccc(C(=O)N2CCN(C(=O)C(=O)c3c[nH]c4cccc(Cl)c34)CC2)cc1. The maximum absolute atomic E-state index is 12.8. The number of anilines is 1. The minimum absolute atomic E-state index is 0.119. The molecule has 3 aromatic rings. The van der Waals surface area contributed by atoms with E-state index in [0.29, 0.717) is 53.4 Å². The van der Waals surface area contributed by atoms with Crippen molar-refractivity contribution in [3.8, 4) is 0 Å². The molecule has 1 saturated heterocycles. The van der Waals surface area contributed by atoms with E-state index in [2.05, 4.69) is 4.98 Å². The number of aromatic amines is 1. The summed E-state index contributed by atoms with van der Waals surface area (Å²) in [4.78, 5) is 44.2. The number of amides is 2. The Kier molecular flexibility index (Phi) is 4.98. The second-order valence-electron chi connectivity index (χ2n) is 6.90. The van der Waals surface area contributed by atoms with E-state index in [1.54, 1.807) is 47.4 Å². The van der Waals surface area contributed by atoms with Crippen molar-refractivity contribution in [1.82, 2.24) is 14.8 Å². The molecule has 8 heteroatoms. The number of hydrogen-bond donors (Lipinski definition) is 2. The Bertz CT molecular complexity index is 1100. The number of piperazine rings is 1. The van der Waals surface area contributed by atoms with Crippen molar-refractivity contribution < 1.29 is 14.4 Å². The molecule has 0 atom stereocenters. The highest BCUT2D eigenvalue weighted by Crippen LogP contribution is 2.27. The van der Waals surface area contributed by atoms with E-state index in [0.717, 1.165) is 0 Å². The number of nitrogens with zero attached hydrogens (tertiary/aromatic N) is 2. The van der Waals surface area contributed by atoms with Crippen LogP contribution in [0.5, 0.6) is 0 Å². The Morgan fingerprint density at radius 1 is 0.931 bits per heavy atom. The van der Waals surface area contributed by atoms with Crippen LogP contribution in [-0.4, -0.2) is 58.6 Å². The average Bonchev–Trinajstić information content (AvgIpc) is 3.18. The molecule has 7 nitrogen and oxygen atoms in total. The predicted octanol–water partition coefficient (Wildman–Crippen LogP) is 2.57. The number of nitrogens with one attached hydrogen (secondary N) is 1. The lowest BCUT2D eigenvalue weighted by Crippen LogP contribution is -2.52. The minimum Gasteiger partial charge on any atom is -0.399 e. The number of aromatic nitrogens is 1. The second-order valence-corrected chi connectivity index (χ2v) is 7.31. The number of benzene rings is 2. The standard InChI is InChI=1S/C21H19ClN4O3/c22-16-2-1-3-17-18(16)15(12-24-17)19(27)21(29)26-10-8-25(9-11-26)20(28)13-4-6-14(23)7-5-13/h1-7,12,24H,8-11,23H2. The summed E-state index contributed by atoms with van der Waals surface area (Å²) in [6.07, 6.45) is 1.51. The van der Waals surface area contributed by atoms with Crippen molar-refractivity contribution in [2.45, 2.75) is 0 Å². The van der Waals surface area contributed by atoms with Crippen molar-refractivity contribution in [2.24, 2.45) is 0 Å². The number of H-pyrrole nitrogens is 1. The van der Waals surface area contributed by atoms with Gasteiger partial charge in [0.25, 0.3) is 17.6 Å². The van der Waals surface area contributed by atoms with Gasteiger partial charge in [-0.05, 0) is 36.4 Å². The highest BCUT2D eigenvalue weighted by Gasteiger charge is 2.30.